The maximum Gasteiger partial charge on any atom is 0.414 e. The second-order valence-electron chi connectivity index (χ2n) is 5.84. The van der Waals surface area contributed by atoms with Crippen LogP contribution >= 0.6 is 0 Å². The Kier molecular flexibility index (Phi) is 11.0. The van der Waals surface area contributed by atoms with Crippen LogP contribution in [0.4, 0.5) is 14.5 Å². The Morgan fingerprint density at radius 2 is 1.48 bits per heavy atom. The highest BCUT2D eigenvalue weighted by Crippen LogP contribution is 2.17. The Bertz CT molecular complexity index is 832. The number of amides is 1. The van der Waals surface area contributed by atoms with Crippen LogP contribution in [0.5, 0.6) is 11.5 Å². The summed E-state index contributed by atoms with van der Waals surface area (Å²) in [6.45, 7) is -2.05. The molecule has 0 saturated carbocycles. The number of methoxy groups -OCH3 is 1. The molecule has 2 aromatic rings. The van der Waals surface area contributed by atoms with Crippen LogP contribution in [0.15, 0.2) is 48.5 Å². The summed E-state index contributed by atoms with van der Waals surface area (Å²) < 4.78 is 33.5. The van der Waals surface area contributed by atoms with Gasteiger partial charge in [-0.25, -0.2) is 9.59 Å². The van der Waals surface area contributed by atoms with Crippen molar-refractivity contribution in [3.8, 4) is 11.5 Å². The zero-order valence-electron chi connectivity index (χ0n) is 16.5. The van der Waals surface area contributed by atoms with Gasteiger partial charge >= 0.3 is 18.6 Å². The first-order valence-corrected chi connectivity index (χ1v) is 8.86. The average Bonchev–Trinajstić information content (AvgIpc) is 2.73. The third kappa shape index (κ3) is 11.1. The number of ether oxygens (including phenoxy) is 2. The quantitative estimate of drug-likeness (QED) is 0.345. The van der Waals surface area contributed by atoms with Crippen molar-refractivity contribution in [2.45, 2.75) is 13.0 Å². The van der Waals surface area contributed by atoms with Crippen molar-refractivity contribution in [1.29, 1.82) is 0 Å². The molecule has 4 N–H and O–H groups in total. The van der Waals surface area contributed by atoms with Gasteiger partial charge in [0.15, 0.2) is 0 Å². The van der Waals surface area contributed by atoms with Crippen molar-refractivity contribution in [1.82, 2.24) is 5.32 Å². The van der Waals surface area contributed by atoms with E-state index in [2.05, 4.69) is 15.4 Å². The van der Waals surface area contributed by atoms with Crippen LogP contribution in [0.1, 0.15) is 5.56 Å². The van der Waals surface area contributed by atoms with E-state index in [0.29, 0.717) is 12.2 Å². The van der Waals surface area contributed by atoms with Crippen molar-refractivity contribution in [3.05, 3.63) is 54.1 Å². The van der Waals surface area contributed by atoms with Gasteiger partial charge in [-0.15, -0.1) is 0 Å². The smallest absolute Gasteiger partial charge is 0.414 e. The molecule has 0 aliphatic carbocycles. The van der Waals surface area contributed by atoms with E-state index in [1.165, 1.54) is 24.3 Å². The zero-order valence-corrected chi connectivity index (χ0v) is 16.5. The number of hydrogen-bond donors (Lipinski definition) is 4. The molecule has 0 atom stereocenters. The summed E-state index contributed by atoms with van der Waals surface area (Å²) in [7, 11) is 1.62. The van der Waals surface area contributed by atoms with E-state index in [0.717, 1.165) is 17.7 Å². The molecule has 0 saturated heterocycles. The van der Waals surface area contributed by atoms with Crippen LogP contribution in [-0.2, 0) is 20.8 Å². The van der Waals surface area contributed by atoms with Crippen LogP contribution in [0, 0.1) is 0 Å². The van der Waals surface area contributed by atoms with Crippen molar-refractivity contribution in [2.24, 2.45) is 0 Å². The highest BCUT2D eigenvalue weighted by atomic mass is 19.3. The van der Waals surface area contributed by atoms with Gasteiger partial charge in [-0.3, -0.25) is 4.79 Å². The van der Waals surface area contributed by atoms with Gasteiger partial charge in [-0.1, -0.05) is 12.1 Å². The number of nitrogens with one attached hydrogen (secondary N) is 2. The van der Waals surface area contributed by atoms with Crippen molar-refractivity contribution >= 4 is 23.5 Å². The van der Waals surface area contributed by atoms with E-state index in [4.69, 9.17) is 24.5 Å². The molecule has 0 unspecified atom stereocenters. The van der Waals surface area contributed by atoms with E-state index >= 15 is 0 Å². The van der Waals surface area contributed by atoms with Crippen molar-refractivity contribution < 1.29 is 42.9 Å². The van der Waals surface area contributed by atoms with Crippen molar-refractivity contribution in [3.63, 3.8) is 0 Å². The van der Waals surface area contributed by atoms with Gasteiger partial charge in [0.25, 0.3) is 0 Å². The van der Waals surface area contributed by atoms with Gasteiger partial charge in [0.2, 0.25) is 5.91 Å². The highest BCUT2D eigenvalue weighted by Gasteiger charge is 2.06. The number of benzene rings is 2. The number of anilines is 1. The Morgan fingerprint density at radius 3 is 1.97 bits per heavy atom. The fourth-order valence-corrected chi connectivity index (χ4v) is 2.15. The molecule has 168 valence electrons. The number of aliphatic carboxylic acids is 2. The third-order valence-electron chi connectivity index (χ3n) is 3.58. The number of carboxylic acids is 2. The number of halogens is 2. The summed E-state index contributed by atoms with van der Waals surface area (Å²) in [6.07, 6.45) is 0.789. The monoisotopic (exact) mass is 440 g/mol. The van der Waals surface area contributed by atoms with Gasteiger partial charge in [0.05, 0.1) is 13.7 Å². The molecule has 1 amide bonds. The fraction of sp³-hybridized carbons (Fsp3) is 0.250. The summed E-state index contributed by atoms with van der Waals surface area (Å²) >= 11 is 0. The lowest BCUT2D eigenvalue weighted by Gasteiger charge is -2.08. The molecular weight excluding hydrogens is 418 g/mol. The molecule has 0 aromatic heterocycles. The van der Waals surface area contributed by atoms with Crippen LogP contribution in [0.2, 0.25) is 0 Å². The van der Waals surface area contributed by atoms with E-state index in [9.17, 15) is 13.6 Å². The van der Waals surface area contributed by atoms with Crippen LogP contribution in [-0.4, -0.2) is 54.9 Å². The Hall–Kier alpha value is -3.73. The second-order valence-corrected chi connectivity index (χ2v) is 5.84. The molecule has 0 aliphatic rings. The first-order valence-electron chi connectivity index (χ1n) is 8.86. The topological polar surface area (TPSA) is 134 Å². The predicted octanol–water partition coefficient (Wildman–Crippen LogP) is 2.22. The van der Waals surface area contributed by atoms with Gasteiger partial charge in [0, 0.05) is 5.69 Å². The molecule has 2 aromatic carbocycles. The molecule has 0 bridgehead atoms. The number of alkyl halides is 2. The van der Waals surface area contributed by atoms with Crippen LogP contribution in [0.3, 0.4) is 0 Å². The summed E-state index contributed by atoms with van der Waals surface area (Å²) in [5.41, 5.74) is 1.66. The first kappa shape index (κ1) is 25.3. The predicted molar refractivity (Wildman–Crippen MR) is 107 cm³/mol. The molecule has 0 fully saturated rings. The SMILES string of the molecule is COc1ccc(CCNCC(=O)Nc2ccc(OC(F)F)cc2)cc1.O=C(O)C(=O)O. The summed E-state index contributed by atoms with van der Waals surface area (Å²) in [4.78, 5) is 30.0. The molecule has 0 spiro atoms. The molecule has 0 heterocycles. The molecule has 0 radical (unpaired) electrons. The number of carbonyl (C=O) groups excluding carboxylic acids is 1. The maximum absolute atomic E-state index is 12.1. The highest BCUT2D eigenvalue weighted by molar-refractivity contribution is 6.27. The van der Waals surface area contributed by atoms with Crippen LogP contribution < -0.4 is 20.1 Å². The largest absolute Gasteiger partial charge is 0.497 e. The number of carbonyl (C=O) groups is 3. The lowest BCUT2D eigenvalue weighted by Crippen LogP contribution is -2.29. The molecule has 11 heteroatoms. The minimum atomic E-state index is -2.87. The minimum absolute atomic E-state index is 0.0469. The fourth-order valence-electron chi connectivity index (χ4n) is 2.15. The first-order chi connectivity index (χ1) is 14.7. The lowest BCUT2D eigenvalue weighted by molar-refractivity contribution is -0.159. The third-order valence-corrected chi connectivity index (χ3v) is 3.58. The Labute approximate surface area is 176 Å². The molecule has 2 rings (SSSR count). The van der Waals surface area contributed by atoms with Crippen LogP contribution in [0.25, 0.3) is 0 Å². The van der Waals surface area contributed by atoms with Gasteiger partial charge in [-0.2, -0.15) is 8.78 Å². The number of rotatable bonds is 9. The maximum atomic E-state index is 12.1. The number of carboxylic acid groups (broad SMARTS) is 2. The standard InChI is InChI=1S/C18H20F2N2O3.C2H2O4/c1-24-15-6-2-13(3-7-15)10-11-21-12-17(23)22-14-4-8-16(9-5-14)25-18(19)20;3-1(4)2(5)6/h2-9,18,21H,10-12H2,1H3,(H,22,23);(H,3,4)(H,5,6). The van der Waals surface area contributed by atoms with E-state index < -0.39 is 18.6 Å². The molecular formula is C20H22F2N2O7. The summed E-state index contributed by atoms with van der Waals surface area (Å²) in [6, 6.07) is 13.5. The van der Waals surface area contributed by atoms with Gasteiger partial charge < -0.3 is 30.3 Å². The summed E-state index contributed by atoms with van der Waals surface area (Å²) in [5.74, 6) is -3.01. The van der Waals surface area contributed by atoms with Gasteiger partial charge in [0.1, 0.15) is 11.5 Å². The van der Waals surface area contributed by atoms with E-state index in [-0.39, 0.29) is 18.2 Å². The Morgan fingerprint density at radius 1 is 0.935 bits per heavy atom. The zero-order chi connectivity index (χ0) is 23.2. The van der Waals surface area contributed by atoms with E-state index in [1.54, 1.807) is 7.11 Å². The molecule has 0 aliphatic heterocycles. The summed E-state index contributed by atoms with van der Waals surface area (Å²) in [5, 5.41) is 20.5. The lowest BCUT2D eigenvalue weighted by atomic mass is 10.1. The molecule has 9 nitrogen and oxygen atoms in total. The van der Waals surface area contributed by atoms with Crippen molar-refractivity contribution in [2.75, 3.05) is 25.5 Å². The second kappa shape index (κ2) is 13.5. The Balaban J connectivity index is 0.000000703. The van der Waals surface area contributed by atoms with E-state index in [1.807, 2.05) is 24.3 Å². The normalized spacial score (nSPS) is 9.94. The molecule has 31 heavy (non-hydrogen) atoms. The minimum Gasteiger partial charge on any atom is -0.497 e. The number of hydrogen-bond acceptors (Lipinski definition) is 6. The average molecular weight is 440 g/mol. The van der Waals surface area contributed by atoms with Gasteiger partial charge in [-0.05, 0) is 54.9 Å².